The van der Waals surface area contributed by atoms with Crippen LogP contribution >= 0.6 is 0 Å². The first-order valence-corrected chi connectivity index (χ1v) is 7.16. The molecule has 0 heterocycles. The van der Waals surface area contributed by atoms with Crippen LogP contribution in [-0.2, 0) is 11.2 Å². The second-order valence-corrected chi connectivity index (χ2v) is 4.78. The molecule has 0 spiro atoms. The van der Waals surface area contributed by atoms with E-state index in [1.54, 1.807) is 0 Å². The smallest absolute Gasteiger partial charge is 0.211 e. The molecule has 0 radical (unpaired) electrons. The molecule has 0 atom stereocenters. The Kier molecular flexibility index (Phi) is 10.9. The summed E-state index contributed by atoms with van der Waals surface area (Å²) in [6, 6.07) is 8.46. The number of carbonyl (C=O) groups is 1. The second kappa shape index (κ2) is 11.7. The van der Waals surface area contributed by atoms with Gasteiger partial charge in [0.1, 0.15) is 0 Å². The summed E-state index contributed by atoms with van der Waals surface area (Å²) < 4.78 is 0. The summed E-state index contributed by atoms with van der Waals surface area (Å²) in [7, 11) is 0. The summed E-state index contributed by atoms with van der Waals surface area (Å²) in [5.41, 5.74) is 2.09. The summed E-state index contributed by atoms with van der Waals surface area (Å²) in [6.07, 6.45) is 4.28. The lowest BCUT2D eigenvalue weighted by atomic mass is 10.1. The first-order valence-electron chi connectivity index (χ1n) is 7.16. The fraction of sp³-hybridized carbons (Fsp3) is 0.562. The number of nitrogens with one attached hydrogen (secondary N) is 2. The average Bonchev–Trinajstić information content (AvgIpc) is 2.40. The van der Waals surface area contributed by atoms with Gasteiger partial charge in [-0.2, -0.15) is 0 Å². The van der Waals surface area contributed by atoms with Crippen LogP contribution in [0.1, 0.15) is 46.1 Å². The van der Waals surface area contributed by atoms with E-state index in [-0.39, 0.29) is 0 Å². The molecule has 1 aromatic carbocycles. The number of amides is 1. The van der Waals surface area contributed by atoms with Crippen molar-refractivity contribution in [2.75, 3.05) is 11.9 Å². The molecule has 0 unspecified atom stereocenters. The molecule has 1 rings (SSSR count). The van der Waals surface area contributed by atoms with Crippen LogP contribution in [-0.4, -0.2) is 19.0 Å². The van der Waals surface area contributed by atoms with Gasteiger partial charge in [-0.3, -0.25) is 4.79 Å². The minimum atomic E-state index is 0.654. The SMILES string of the molecule is CCCCNC(C)C.CCc1cccc(NC=O)c1. The Morgan fingerprint density at radius 3 is 2.53 bits per heavy atom. The summed E-state index contributed by atoms with van der Waals surface area (Å²) in [5, 5.41) is 5.95. The van der Waals surface area contributed by atoms with Gasteiger partial charge < -0.3 is 10.6 Å². The van der Waals surface area contributed by atoms with Crippen molar-refractivity contribution < 1.29 is 4.79 Å². The normalized spacial score (nSPS) is 9.74. The highest BCUT2D eigenvalue weighted by Crippen LogP contribution is 2.09. The van der Waals surface area contributed by atoms with Crippen molar-refractivity contribution in [3.8, 4) is 0 Å². The Bertz CT molecular complexity index is 337. The molecule has 0 fully saturated rings. The lowest BCUT2D eigenvalue weighted by Crippen LogP contribution is -2.23. The molecule has 1 aromatic rings. The van der Waals surface area contributed by atoms with Gasteiger partial charge >= 0.3 is 0 Å². The molecule has 0 bridgehead atoms. The zero-order valence-electron chi connectivity index (χ0n) is 12.7. The fourth-order valence-electron chi connectivity index (χ4n) is 1.52. The van der Waals surface area contributed by atoms with Crippen LogP contribution in [0.4, 0.5) is 5.69 Å². The zero-order valence-corrected chi connectivity index (χ0v) is 12.7. The van der Waals surface area contributed by atoms with E-state index in [4.69, 9.17) is 0 Å². The second-order valence-electron chi connectivity index (χ2n) is 4.78. The summed E-state index contributed by atoms with van der Waals surface area (Å²) in [6.45, 7) is 9.82. The van der Waals surface area contributed by atoms with Gasteiger partial charge in [0.2, 0.25) is 6.41 Å². The molecule has 0 aliphatic rings. The van der Waals surface area contributed by atoms with E-state index in [0.29, 0.717) is 12.5 Å². The number of anilines is 1. The number of benzene rings is 1. The average molecular weight is 264 g/mol. The van der Waals surface area contributed by atoms with Crippen molar-refractivity contribution in [3.05, 3.63) is 29.8 Å². The number of rotatable bonds is 7. The van der Waals surface area contributed by atoms with Crippen LogP contribution in [0.2, 0.25) is 0 Å². The molecule has 2 N–H and O–H groups in total. The van der Waals surface area contributed by atoms with Gasteiger partial charge in [-0.05, 0) is 37.1 Å². The Balaban J connectivity index is 0.000000362. The Labute approximate surface area is 117 Å². The van der Waals surface area contributed by atoms with Crippen LogP contribution in [0.3, 0.4) is 0 Å². The standard InChI is InChI=1S/C9H11NO.C7H17N/c1-2-8-4-3-5-9(6-8)10-7-11;1-4-5-6-8-7(2)3/h3-7H,2H2,1H3,(H,10,11);7-8H,4-6H2,1-3H3. The lowest BCUT2D eigenvalue weighted by molar-refractivity contribution is -0.105. The molecule has 3 heteroatoms. The summed E-state index contributed by atoms with van der Waals surface area (Å²) >= 11 is 0. The van der Waals surface area contributed by atoms with Crippen molar-refractivity contribution in [3.63, 3.8) is 0 Å². The van der Waals surface area contributed by atoms with Crippen molar-refractivity contribution >= 4 is 12.1 Å². The highest BCUT2D eigenvalue weighted by molar-refractivity contribution is 5.71. The van der Waals surface area contributed by atoms with Crippen LogP contribution in [0.15, 0.2) is 24.3 Å². The van der Waals surface area contributed by atoms with E-state index in [1.807, 2.05) is 24.3 Å². The molecule has 0 saturated heterocycles. The van der Waals surface area contributed by atoms with Crippen molar-refractivity contribution in [1.29, 1.82) is 0 Å². The third-order valence-corrected chi connectivity index (χ3v) is 2.64. The zero-order chi connectivity index (χ0) is 14.5. The van der Waals surface area contributed by atoms with Gasteiger partial charge in [0, 0.05) is 11.7 Å². The molecule has 3 nitrogen and oxygen atoms in total. The van der Waals surface area contributed by atoms with Gasteiger partial charge in [0.15, 0.2) is 0 Å². The van der Waals surface area contributed by atoms with Crippen LogP contribution in [0.25, 0.3) is 0 Å². The molecule has 0 aromatic heterocycles. The number of unbranched alkanes of at least 4 members (excludes halogenated alkanes) is 1. The molecule has 1 amide bonds. The quantitative estimate of drug-likeness (QED) is 0.583. The lowest BCUT2D eigenvalue weighted by Gasteiger charge is -2.05. The first kappa shape index (κ1) is 17.6. The van der Waals surface area contributed by atoms with E-state index < -0.39 is 0 Å². The summed E-state index contributed by atoms with van der Waals surface area (Å²) in [4.78, 5) is 10.1. The maximum absolute atomic E-state index is 10.1. The predicted octanol–water partition coefficient (Wildman–Crippen LogP) is 3.60. The number of aryl methyl sites for hydroxylation is 1. The fourth-order valence-corrected chi connectivity index (χ4v) is 1.52. The minimum absolute atomic E-state index is 0.654. The van der Waals surface area contributed by atoms with E-state index in [9.17, 15) is 4.79 Å². The third-order valence-electron chi connectivity index (χ3n) is 2.64. The highest BCUT2D eigenvalue weighted by atomic mass is 16.1. The Hall–Kier alpha value is -1.35. The van der Waals surface area contributed by atoms with Crippen molar-refractivity contribution in [2.24, 2.45) is 0 Å². The monoisotopic (exact) mass is 264 g/mol. The van der Waals surface area contributed by atoms with E-state index in [0.717, 1.165) is 12.1 Å². The number of hydrogen-bond donors (Lipinski definition) is 2. The number of hydrogen-bond acceptors (Lipinski definition) is 2. The molecule has 0 aliphatic heterocycles. The molecule has 0 saturated carbocycles. The molecule has 19 heavy (non-hydrogen) atoms. The van der Waals surface area contributed by atoms with E-state index >= 15 is 0 Å². The minimum Gasteiger partial charge on any atom is -0.329 e. The largest absolute Gasteiger partial charge is 0.329 e. The predicted molar refractivity (Wildman–Crippen MR) is 83.6 cm³/mol. The first-order chi connectivity index (χ1) is 9.13. The molecule has 108 valence electrons. The summed E-state index contributed by atoms with van der Waals surface area (Å²) in [5.74, 6) is 0. The Morgan fingerprint density at radius 2 is 2.00 bits per heavy atom. The topological polar surface area (TPSA) is 41.1 Å². The molecular weight excluding hydrogens is 236 g/mol. The van der Waals surface area contributed by atoms with Gasteiger partial charge in [-0.1, -0.05) is 46.2 Å². The van der Waals surface area contributed by atoms with E-state index in [1.165, 1.54) is 24.9 Å². The third kappa shape index (κ3) is 10.3. The van der Waals surface area contributed by atoms with Crippen LogP contribution in [0.5, 0.6) is 0 Å². The van der Waals surface area contributed by atoms with Crippen LogP contribution < -0.4 is 10.6 Å². The maximum Gasteiger partial charge on any atom is 0.211 e. The van der Waals surface area contributed by atoms with Gasteiger partial charge in [-0.25, -0.2) is 0 Å². The maximum atomic E-state index is 10.1. The molecule has 0 aliphatic carbocycles. The molecular formula is C16H28N2O. The van der Waals surface area contributed by atoms with Crippen molar-refractivity contribution in [1.82, 2.24) is 5.32 Å². The van der Waals surface area contributed by atoms with E-state index in [2.05, 4.69) is 38.3 Å². The van der Waals surface area contributed by atoms with Crippen molar-refractivity contribution in [2.45, 2.75) is 53.0 Å². The van der Waals surface area contributed by atoms with Gasteiger partial charge in [0.25, 0.3) is 0 Å². The highest BCUT2D eigenvalue weighted by Gasteiger charge is 1.90. The van der Waals surface area contributed by atoms with Crippen LogP contribution in [0, 0.1) is 0 Å². The van der Waals surface area contributed by atoms with Gasteiger partial charge in [0.05, 0.1) is 0 Å². The van der Waals surface area contributed by atoms with Gasteiger partial charge in [-0.15, -0.1) is 0 Å². The number of carbonyl (C=O) groups excluding carboxylic acids is 1. The Morgan fingerprint density at radius 1 is 1.26 bits per heavy atom.